The highest BCUT2D eigenvalue weighted by molar-refractivity contribution is 5.67. The molecule has 0 saturated heterocycles. The minimum Gasteiger partial charge on any atom is -0.481 e. The van der Waals surface area contributed by atoms with Crippen LogP contribution in [0.25, 0.3) is 0 Å². The smallest absolute Gasteiger partial charge is 0.306 e. The Morgan fingerprint density at radius 2 is 1.88 bits per heavy atom. The summed E-state index contributed by atoms with van der Waals surface area (Å²) < 4.78 is 0. The molecule has 1 aromatic rings. The van der Waals surface area contributed by atoms with Gasteiger partial charge in [-0.3, -0.25) is 4.79 Å². The van der Waals surface area contributed by atoms with Crippen molar-refractivity contribution in [3.8, 4) is 0 Å². The summed E-state index contributed by atoms with van der Waals surface area (Å²) in [6, 6.07) is 5.81. The number of aliphatic imine (C=N–C) groups is 1. The van der Waals surface area contributed by atoms with Crippen LogP contribution in [0.1, 0.15) is 18.1 Å². The quantitative estimate of drug-likeness (QED) is 0.511. The summed E-state index contributed by atoms with van der Waals surface area (Å²) >= 11 is 0. The minimum absolute atomic E-state index is 0.351. The van der Waals surface area contributed by atoms with E-state index in [4.69, 9.17) is 5.11 Å². The zero-order chi connectivity index (χ0) is 12.8. The maximum absolute atomic E-state index is 10.4. The zero-order valence-electron chi connectivity index (χ0n) is 8.78. The van der Waals surface area contributed by atoms with E-state index < -0.39 is 24.6 Å². The number of benzene rings is 1. The number of aliphatic hydroxyl groups is 2. The normalized spacial score (nSPS) is 13.5. The summed E-state index contributed by atoms with van der Waals surface area (Å²) in [6.45, 7) is 0. The van der Waals surface area contributed by atoms with Gasteiger partial charge in [-0.1, -0.05) is 12.1 Å². The first-order valence-electron chi connectivity index (χ1n) is 4.80. The molecule has 0 saturated carbocycles. The topological polar surface area (TPSA) is 107 Å². The third kappa shape index (κ3) is 3.81. The molecule has 0 spiro atoms. The van der Waals surface area contributed by atoms with E-state index in [-0.39, 0.29) is 0 Å². The molecule has 0 amide bonds. The number of hydrogen-bond acceptors (Lipinski definition) is 5. The van der Waals surface area contributed by atoms with Gasteiger partial charge in [0.2, 0.25) is 6.08 Å². The number of nitrogens with zero attached hydrogens (tertiary/aromatic N) is 1. The van der Waals surface area contributed by atoms with Gasteiger partial charge in [-0.2, -0.15) is 4.99 Å². The number of carboxylic acid groups (broad SMARTS) is 1. The lowest BCUT2D eigenvalue weighted by Crippen LogP contribution is -2.21. The molecule has 2 atom stereocenters. The molecule has 0 aromatic heterocycles. The molecule has 2 unspecified atom stereocenters. The van der Waals surface area contributed by atoms with Gasteiger partial charge in [0.15, 0.2) is 0 Å². The molecule has 0 bridgehead atoms. The van der Waals surface area contributed by atoms with Crippen LogP contribution in [0, 0.1) is 0 Å². The first-order chi connectivity index (χ1) is 8.04. The van der Waals surface area contributed by atoms with E-state index in [9.17, 15) is 19.8 Å². The fraction of sp³-hybridized carbons (Fsp3) is 0.273. The van der Waals surface area contributed by atoms with Gasteiger partial charge in [0, 0.05) is 0 Å². The third-order valence-corrected chi connectivity index (χ3v) is 2.16. The van der Waals surface area contributed by atoms with E-state index in [1.165, 1.54) is 30.3 Å². The highest BCUT2D eigenvalue weighted by Gasteiger charge is 2.20. The number of isocyanates is 1. The first kappa shape index (κ1) is 13.1. The van der Waals surface area contributed by atoms with Crippen LogP contribution in [0.15, 0.2) is 29.3 Å². The Kier molecular flexibility index (Phi) is 4.54. The lowest BCUT2D eigenvalue weighted by Gasteiger charge is -2.16. The Hall–Kier alpha value is -2.01. The van der Waals surface area contributed by atoms with Gasteiger partial charge in [0.1, 0.15) is 6.10 Å². The van der Waals surface area contributed by atoms with Gasteiger partial charge in [0.25, 0.3) is 0 Å². The average molecular weight is 237 g/mol. The Bertz CT molecular complexity index is 436. The van der Waals surface area contributed by atoms with E-state index in [1.807, 2.05) is 0 Å². The van der Waals surface area contributed by atoms with Crippen molar-refractivity contribution in [2.24, 2.45) is 4.99 Å². The molecule has 0 aliphatic rings. The second kappa shape index (κ2) is 5.91. The fourth-order valence-corrected chi connectivity index (χ4v) is 1.31. The number of rotatable bonds is 5. The highest BCUT2D eigenvalue weighted by atomic mass is 16.4. The molecule has 1 aromatic carbocycles. The second-order valence-corrected chi connectivity index (χ2v) is 3.40. The molecular weight excluding hydrogens is 226 g/mol. The monoisotopic (exact) mass is 237 g/mol. The Morgan fingerprint density at radius 3 is 2.35 bits per heavy atom. The zero-order valence-corrected chi connectivity index (χ0v) is 8.78. The van der Waals surface area contributed by atoms with Crippen LogP contribution in [0.3, 0.4) is 0 Å². The number of carbonyl (C=O) groups excluding carboxylic acids is 1. The second-order valence-electron chi connectivity index (χ2n) is 3.40. The predicted octanol–water partition coefficient (Wildman–Crippen LogP) is 0.523. The molecule has 0 aliphatic carbocycles. The number of aliphatic hydroxyl groups excluding tert-OH is 2. The summed E-state index contributed by atoms with van der Waals surface area (Å²) in [4.78, 5) is 23.7. The van der Waals surface area contributed by atoms with Gasteiger partial charge in [-0.25, -0.2) is 4.79 Å². The van der Waals surface area contributed by atoms with Crippen molar-refractivity contribution in [2.45, 2.75) is 18.6 Å². The van der Waals surface area contributed by atoms with Gasteiger partial charge in [-0.05, 0) is 17.7 Å². The molecule has 0 radical (unpaired) electrons. The van der Waals surface area contributed by atoms with E-state index in [0.717, 1.165) is 0 Å². The summed E-state index contributed by atoms with van der Waals surface area (Å²) in [5, 5.41) is 27.5. The summed E-state index contributed by atoms with van der Waals surface area (Å²) in [7, 11) is 0. The van der Waals surface area contributed by atoms with Crippen molar-refractivity contribution < 1.29 is 24.9 Å². The van der Waals surface area contributed by atoms with Gasteiger partial charge in [0.05, 0.1) is 18.2 Å². The largest absolute Gasteiger partial charge is 0.481 e. The van der Waals surface area contributed by atoms with E-state index in [0.29, 0.717) is 11.3 Å². The average Bonchev–Trinajstić information content (AvgIpc) is 2.28. The van der Waals surface area contributed by atoms with Crippen LogP contribution in [0.5, 0.6) is 0 Å². The molecule has 90 valence electrons. The van der Waals surface area contributed by atoms with Crippen molar-refractivity contribution in [1.82, 2.24) is 0 Å². The van der Waals surface area contributed by atoms with E-state index in [2.05, 4.69) is 4.99 Å². The SMILES string of the molecule is O=C=Nc1ccc(C(O)C(O)CC(=O)O)cc1. The predicted molar refractivity (Wildman–Crippen MR) is 57.4 cm³/mol. The molecule has 0 fully saturated rings. The van der Waals surface area contributed by atoms with Crippen LogP contribution in [-0.4, -0.2) is 33.5 Å². The summed E-state index contributed by atoms with van der Waals surface area (Å²) in [6.07, 6.45) is -1.85. The number of carboxylic acids is 1. The van der Waals surface area contributed by atoms with Crippen LogP contribution in [-0.2, 0) is 9.59 Å². The molecular formula is C11H11NO5. The molecule has 3 N–H and O–H groups in total. The molecule has 6 heteroatoms. The maximum Gasteiger partial charge on any atom is 0.306 e. The van der Waals surface area contributed by atoms with Gasteiger partial charge < -0.3 is 15.3 Å². The van der Waals surface area contributed by atoms with E-state index in [1.54, 1.807) is 0 Å². The maximum atomic E-state index is 10.4. The lowest BCUT2D eigenvalue weighted by molar-refractivity contribution is -0.141. The number of carbonyl (C=O) groups is 1. The standard InChI is InChI=1S/C11H11NO5/c13-6-12-8-3-1-7(2-4-8)11(17)9(14)5-10(15)16/h1-4,9,11,14,17H,5H2,(H,15,16). The fourth-order valence-electron chi connectivity index (χ4n) is 1.31. The van der Waals surface area contributed by atoms with Crippen LogP contribution in [0.2, 0.25) is 0 Å². The molecule has 0 aliphatic heterocycles. The Labute approximate surface area is 96.9 Å². The third-order valence-electron chi connectivity index (χ3n) is 2.16. The van der Waals surface area contributed by atoms with Crippen LogP contribution in [0.4, 0.5) is 5.69 Å². The number of hydrogen-bond donors (Lipinski definition) is 3. The lowest BCUT2D eigenvalue weighted by atomic mass is 10.0. The number of aliphatic carboxylic acids is 1. The van der Waals surface area contributed by atoms with Crippen molar-refractivity contribution in [3.05, 3.63) is 29.8 Å². The van der Waals surface area contributed by atoms with Crippen molar-refractivity contribution >= 4 is 17.7 Å². The first-order valence-corrected chi connectivity index (χ1v) is 4.80. The molecule has 6 nitrogen and oxygen atoms in total. The van der Waals surface area contributed by atoms with Crippen molar-refractivity contribution in [1.29, 1.82) is 0 Å². The van der Waals surface area contributed by atoms with Crippen molar-refractivity contribution in [3.63, 3.8) is 0 Å². The Morgan fingerprint density at radius 1 is 1.29 bits per heavy atom. The minimum atomic E-state index is -1.38. The van der Waals surface area contributed by atoms with Gasteiger partial charge in [-0.15, -0.1) is 0 Å². The summed E-state index contributed by atoms with van der Waals surface area (Å²) in [5.74, 6) is -1.20. The Balaban J connectivity index is 2.78. The van der Waals surface area contributed by atoms with Gasteiger partial charge >= 0.3 is 5.97 Å². The molecule has 17 heavy (non-hydrogen) atoms. The molecule has 1 rings (SSSR count). The van der Waals surface area contributed by atoms with Crippen molar-refractivity contribution in [2.75, 3.05) is 0 Å². The van der Waals surface area contributed by atoms with E-state index >= 15 is 0 Å². The van der Waals surface area contributed by atoms with Crippen LogP contribution >= 0.6 is 0 Å². The molecule has 0 heterocycles. The van der Waals surface area contributed by atoms with Crippen LogP contribution < -0.4 is 0 Å². The highest BCUT2D eigenvalue weighted by Crippen LogP contribution is 2.21. The summed E-state index contributed by atoms with van der Waals surface area (Å²) in [5.41, 5.74) is 0.715.